The van der Waals surface area contributed by atoms with Crippen molar-refractivity contribution in [3.8, 4) is 5.69 Å². The minimum Gasteiger partial charge on any atom is -0.334 e. The molecule has 3 heterocycles. The molecule has 0 aliphatic carbocycles. The molecule has 1 unspecified atom stereocenters. The van der Waals surface area contributed by atoms with Crippen LogP contribution in [0.2, 0.25) is 0 Å². The number of amides is 2. The average molecular weight is 429 g/mol. The number of hydrogen-bond donors (Lipinski definition) is 1. The molecule has 10 heteroatoms. The van der Waals surface area contributed by atoms with E-state index in [0.717, 1.165) is 19.4 Å². The van der Waals surface area contributed by atoms with Crippen molar-refractivity contribution in [2.45, 2.75) is 31.0 Å². The molecule has 0 radical (unpaired) electrons. The number of thioether (sulfide) groups is 1. The van der Waals surface area contributed by atoms with Gasteiger partial charge in [-0.3, -0.25) is 9.59 Å². The van der Waals surface area contributed by atoms with Crippen LogP contribution in [0.15, 0.2) is 46.9 Å². The van der Waals surface area contributed by atoms with Crippen molar-refractivity contribution >= 4 is 40.6 Å². The van der Waals surface area contributed by atoms with E-state index in [2.05, 4.69) is 26.9 Å². The molecule has 1 atom stereocenters. The molecule has 1 N–H and O–H groups in total. The zero-order chi connectivity index (χ0) is 20.2. The number of hydrogen-bond acceptors (Lipinski definition) is 7. The summed E-state index contributed by atoms with van der Waals surface area (Å²) < 4.78 is 1.57. The van der Waals surface area contributed by atoms with E-state index >= 15 is 0 Å². The maximum atomic E-state index is 12.9. The Morgan fingerprint density at radius 2 is 2.21 bits per heavy atom. The highest BCUT2D eigenvalue weighted by atomic mass is 32.2. The van der Waals surface area contributed by atoms with Gasteiger partial charge in [-0.15, -0.1) is 16.4 Å². The predicted molar refractivity (Wildman–Crippen MR) is 112 cm³/mol. The van der Waals surface area contributed by atoms with Crippen molar-refractivity contribution in [2.24, 2.45) is 0 Å². The minimum atomic E-state index is -0.148. The Morgan fingerprint density at radius 1 is 1.31 bits per heavy atom. The van der Waals surface area contributed by atoms with Crippen LogP contribution in [0.5, 0.6) is 0 Å². The Balaban J connectivity index is 1.44. The standard InChI is InChI=1S/C19H20N6O2S2/c1-13(26)20-14-5-2-6-15(11-14)25-19(21-22-23-25)29-12-18(27)24-9-3-7-16(24)17-8-4-10-28-17/h2,4-6,8,10-11,16H,3,7,9,12H2,1H3,(H,20,26). The molecule has 1 aromatic carbocycles. The Morgan fingerprint density at radius 3 is 3.00 bits per heavy atom. The summed E-state index contributed by atoms with van der Waals surface area (Å²) in [5.41, 5.74) is 1.38. The highest BCUT2D eigenvalue weighted by Crippen LogP contribution is 2.35. The third-order valence-corrected chi connectivity index (χ3v) is 6.50. The molecule has 0 spiro atoms. The molecule has 2 aromatic heterocycles. The van der Waals surface area contributed by atoms with E-state index in [0.29, 0.717) is 16.5 Å². The number of carbonyl (C=O) groups excluding carboxylic acids is 2. The summed E-state index contributed by atoms with van der Waals surface area (Å²) in [5, 5.41) is 17.2. The third kappa shape index (κ3) is 4.48. The molecule has 2 amide bonds. The van der Waals surface area contributed by atoms with Gasteiger partial charge in [-0.25, -0.2) is 0 Å². The number of anilines is 1. The molecular weight excluding hydrogens is 408 g/mol. The summed E-state index contributed by atoms with van der Waals surface area (Å²) >= 11 is 3.01. The second kappa shape index (κ2) is 8.75. The van der Waals surface area contributed by atoms with E-state index in [1.165, 1.54) is 23.6 Å². The highest BCUT2D eigenvalue weighted by molar-refractivity contribution is 7.99. The van der Waals surface area contributed by atoms with Crippen LogP contribution in [0.1, 0.15) is 30.7 Å². The third-order valence-electron chi connectivity index (χ3n) is 4.62. The number of nitrogens with zero attached hydrogens (tertiary/aromatic N) is 5. The molecule has 150 valence electrons. The Labute approximate surface area is 176 Å². The van der Waals surface area contributed by atoms with E-state index in [4.69, 9.17) is 0 Å². The monoisotopic (exact) mass is 428 g/mol. The average Bonchev–Trinajstić information content (AvgIpc) is 3.46. The van der Waals surface area contributed by atoms with Crippen LogP contribution in [0.3, 0.4) is 0 Å². The number of benzene rings is 1. The van der Waals surface area contributed by atoms with Crippen LogP contribution in [0.4, 0.5) is 5.69 Å². The van der Waals surface area contributed by atoms with Crippen molar-refractivity contribution in [1.29, 1.82) is 0 Å². The van der Waals surface area contributed by atoms with Crippen molar-refractivity contribution in [3.05, 3.63) is 46.7 Å². The van der Waals surface area contributed by atoms with Gasteiger partial charge in [0.15, 0.2) is 0 Å². The Hall–Kier alpha value is -2.72. The topological polar surface area (TPSA) is 93.0 Å². The Bertz CT molecular complexity index is 1000. The van der Waals surface area contributed by atoms with Gasteiger partial charge in [0.1, 0.15) is 0 Å². The fraction of sp³-hybridized carbons (Fsp3) is 0.316. The van der Waals surface area contributed by atoms with Crippen LogP contribution < -0.4 is 5.32 Å². The zero-order valence-electron chi connectivity index (χ0n) is 15.8. The second-order valence-corrected chi connectivity index (χ2v) is 8.58. The molecule has 1 aliphatic heterocycles. The molecule has 4 rings (SSSR count). The lowest BCUT2D eigenvalue weighted by molar-refractivity contribution is -0.129. The van der Waals surface area contributed by atoms with E-state index in [-0.39, 0.29) is 23.6 Å². The van der Waals surface area contributed by atoms with E-state index < -0.39 is 0 Å². The van der Waals surface area contributed by atoms with Crippen molar-refractivity contribution < 1.29 is 9.59 Å². The van der Waals surface area contributed by atoms with Crippen LogP contribution in [0, 0.1) is 0 Å². The molecule has 29 heavy (non-hydrogen) atoms. The molecule has 1 fully saturated rings. The molecule has 8 nitrogen and oxygen atoms in total. The van der Waals surface area contributed by atoms with Crippen LogP contribution in [-0.2, 0) is 9.59 Å². The van der Waals surface area contributed by atoms with Gasteiger partial charge in [0.05, 0.1) is 17.5 Å². The van der Waals surface area contributed by atoms with Gasteiger partial charge in [-0.1, -0.05) is 23.9 Å². The van der Waals surface area contributed by atoms with E-state index in [1.807, 2.05) is 28.5 Å². The highest BCUT2D eigenvalue weighted by Gasteiger charge is 2.30. The lowest BCUT2D eigenvalue weighted by atomic mass is 10.2. The normalized spacial score (nSPS) is 16.2. The first kappa shape index (κ1) is 19.6. The number of rotatable bonds is 6. The lowest BCUT2D eigenvalue weighted by Crippen LogP contribution is -2.31. The molecule has 3 aromatic rings. The molecule has 1 saturated heterocycles. The summed E-state index contributed by atoms with van der Waals surface area (Å²) in [6, 6.07) is 11.5. The van der Waals surface area contributed by atoms with Gasteiger partial charge < -0.3 is 10.2 Å². The quantitative estimate of drug-likeness (QED) is 0.607. The van der Waals surface area contributed by atoms with Gasteiger partial charge in [-0.2, -0.15) is 4.68 Å². The van der Waals surface area contributed by atoms with Gasteiger partial charge in [0.25, 0.3) is 0 Å². The number of thiophene rings is 1. The molecular formula is C19H20N6O2S2. The SMILES string of the molecule is CC(=O)Nc1cccc(-n2nnnc2SCC(=O)N2CCCC2c2cccs2)c1. The minimum absolute atomic E-state index is 0.0902. The zero-order valence-corrected chi connectivity index (χ0v) is 17.4. The number of carbonyl (C=O) groups is 2. The first-order valence-electron chi connectivity index (χ1n) is 9.24. The van der Waals surface area contributed by atoms with Crippen LogP contribution in [0.25, 0.3) is 5.69 Å². The summed E-state index contributed by atoms with van der Waals surface area (Å²) in [5.74, 6) is 0.214. The van der Waals surface area contributed by atoms with Crippen LogP contribution >= 0.6 is 23.1 Å². The van der Waals surface area contributed by atoms with Gasteiger partial charge in [0, 0.05) is 24.0 Å². The lowest BCUT2D eigenvalue weighted by Gasteiger charge is -2.23. The van der Waals surface area contributed by atoms with E-state index in [9.17, 15) is 9.59 Å². The van der Waals surface area contributed by atoms with Crippen LogP contribution in [-0.4, -0.2) is 49.2 Å². The largest absolute Gasteiger partial charge is 0.334 e. The number of nitrogens with one attached hydrogen (secondary N) is 1. The summed E-state index contributed by atoms with van der Waals surface area (Å²) in [6.45, 7) is 2.24. The molecule has 0 bridgehead atoms. The second-order valence-electron chi connectivity index (χ2n) is 6.65. The first-order chi connectivity index (χ1) is 14.1. The summed E-state index contributed by atoms with van der Waals surface area (Å²) in [6.07, 6.45) is 2.03. The van der Waals surface area contributed by atoms with Crippen molar-refractivity contribution in [3.63, 3.8) is 0 Å². The van der Waals surface area contributed by atoms with Crippen molar-refractivity contribution in [2.75, 3.05) is 17.6 Å². The smallest absolute Gasteiger partial charge is 0.233 e. The maximum Gasteiger partial charge on any atom is 0.233 e. The van der Waals surface area contributed by atoms with E-state index in [1.54, 1.807) is 28.2 Å². The van der Waals surface area contributed by atoms with Gasteiger partial charge in [-0.05, 0) is 52.9 Å². The number of tetrazole rings is 1. The number of aromatic nitrogens is 4. The van der Waals surface area contributed by atoms with Gasteiger partial charge >= 0.3 is 0 Å². The molecule has 0 saturated carbocycles. The van der Waals surface area contributed by atoms with Gasteiger partial charge in [0.2, 0.25) is 17.0 Å². The maximum absolute atomic E-state index is 12.9. The summed E-state index contributed by atoms with van der Waals surface area (Å²) in [7, 11) is 0. The fourth-order valence-corrected chi connectivity index (χ4v) is 5.05. The predicted octanol–water partition coefficient (Wildman–Crippen LogP) is 3.14. The number of likely N-dealkylation sites (tertiary alicyclic amines) is 1. The van der Waals surface area contributed by atoms with Crippen molar-refractivity contribution in [1.82, 2.24) is 25.1 Å². The first-order valence-corrected chi connectivity index (χ1v) is 11.1. The summed E-state index contributed by atoms with van der Waals surface area (Å²) in [4.78, 5) is 27.3. The fourth-order valence-electron chi connectivity index (χ4n) is 3.40. The Kier molecular flexibility index (Phi) is 5.91. The molecule has 1 aliphatic rings.